The Balaban J connectivity index is 0.00000176. The smallest absolute Gasteiger partial charge is 0.223 e. The maximum atomic E-state index is 12.4. The quantitative estimate of drug-likeness (QED) is 0.893. The van der Waals surface area contributed by atoms with E-state index in [0.717, 1.165) is 19.3 Å². The van der Waals surface area contributed by atoms with Crippen LogP contribution in [-0.2, 0) is 11.2 Å². The third-order valence-electron chi connectivity index (χ3n) is 5.25. The van der Waals surface area contributed by atoms with Crippen LogP contribution in [0.1, 0.15) is 37.7 Å². The van der Waals surface area contributed by atoms with E-state index in [1.54, 1.807) is 12.4 Å². The fraction of sp³-hybridized carbons (Fsp3) is 0.647. The summed E-state index contributed by atoms with van der Waals surface area (Å²) in [5.74, 6) is 1.53. The standard InChI is InChI=1S/C17H25N3O.ClH/c18-16-13-2-1-3-14(16)11-15(10-13)17(21)20-9-6-12-4-7-19-8-5-12;/h4-5,7-8,13-16H,1-3,6,9-11,18H2,(H,20,21);1H. The highest BCUT2D eigenvalue weighted by atomic mass is 35.5. The molecule has 1 heterocycles. The van der Waals surface area contributed by atoms with Crippen molar-refractivity contribution in [1.82, 2.24) is 10.3 Å². The number of aromatic nitrogens is 1. The van der Waals surface area contributed by atoms with Crippen LogP contribution in [0.5, 0.6) is 0 Å². The number of nitrogens with two attached hydrogens (primary N) is 1. The predicted octanol–water partition coefficient (Wildman–Crippen LogP) is 2.32. The van der Waals surface area contributed by atoms with Crippen LogP contribution in [-0.4, -0.2) is 23.5 Å². The molecule has 3 rings (SSSR count). The first kappa shape index (κ1) is 17.2. The number of hydrogen-bond donors (Lipinski definition) is 2. The van der Waals surface area contributed by atoms with E-state index in [4.69, 9.17) is 5.73 Å². The van der Waals surface area contributed by atoms with Gasteiger partial charge in [0, 0.05) is 30.9 Å². The molecule has 2 saturated carbocycles. The molecule has 0 spiro atoms. The molecule has 2 bridgehead atoms. The monoisotopic (exact) mass is 323 g/mol. The van der Waals surface area contributed by atoms with Crippen molar-refractivity contribution in [2.24, 2.45) is 23.5 Å². The zero-order valence-electron chi connectivity index (χ0n) is 12.9. The lowest BCUT2D eigenvalue weighted by Gasteiger charge is -2.43. The van der Waals surface area contributed by atoms with Crippen LogP contribution in [0.25, 0.3) is 0 Å². The van der Waals surface area contributed by atoms with Crippen LogP contribution in [0, 0.1) is 17.8 Å². The Hall–Kier alpha value is -1.13. The number of fused-ring (bicyclic) bond motifs is 2. The molecule has 0 saturated heterocycles. The fourth-order valence-electron chi connectivity index (χ4n) is 4.03. The average molecular weight is 324 g/mol. The van der Waals surface area contributed by atoms with E-state index in [9.17, 15) is 4.79 Å². The van der Waals surface area contributed by atoms with Gasteiger partial charge in [0.2, 0.25) is 5.91 Å². The lowest BCUT2D eigenvalue weighted by Crippen LogP contribution is -2.49. The maximum absolute atomic E-state index is 12.4. The number of nitrogens with one attached hydrogen (secondary N) is 1. The first-order valence-corrected chi connectivity index (χ1v) is 8.16. The zero-order valence-corrected chi connectivity index (χ0v) is 13.7. The summed E-state index contributed by atoms with van der Waals surface area (Å²) in [6.07, 6.45) is 10.1. The van der Waals surface area contributed by atoms with Gasteiger partial charge >= 0.3 is 0 Å². The van der Waals surface area contributed by atoms with Crippen LogP contribution in [0.4, 0.5) is 0 Å². The molecule has 122 valence electrons. The lowest BCUT2D eigenvalue weighted by atomic mass is 9.65. The largest absolute Gasteiger partial charge is 0.356 e. The number of carbonyl (C=O) groups is 1. The van der Waals surface area contributed by atoms with E-state index in [0.29, 0.717) is 24.4 Å². The van der Waals surface area contributed by atoms with E-state index in [1.165, 1.54) is 24.8 Å². The zero-order chi connectivity index (χ0) is 14.7. The topological polar surface area (TPSA) is 68.0 Å². The van der Waals surface area contributed by atoms with Crippen LogP contribution in [0.3, 0.4) is 0 Å². The molecule has 2 aliphatic rings. The van der Waals surface area contributed by atoms with Crippen molar-refractivity contribution >= 4 is 18.3 Å². The SMILES string of the molecule is Cl.NC1C2CCCC1CC(C(=O)NCCc1ccncc1)C2. The summed E-state index contributed by atoms with van der Waals surface area (Å²) in [7, 11) is 0. The van der Waals surface area contributed by atoms with Crippen molar-refractivity contribution < 1.29 is 4.79 Å². The second-order valence-electron chi connectivity index (χ2n) is 6.59. The molecule has 4 nitrogen and oxygen atoms in total. The fourth-order valence-corrected chi connectivity index (χ4v) is 4.03. The summed E-state index contributed by atoms with van der Waals surface area (Å²) >= 11 is 0. The highest BCUT2D eigenvalue weighted by Gasteiger charge is 2.40. The summed E-state index contributed by atoms with van der Waals surface area (Å²) in [6.45, 7) is 0.709. The third kappa shape index (κ3) is 3.99. The van der Waals surface area contributed by atoms with Crippen LogP contribution in [0.15, 0.2) is 24.5 Å². The molecule has 0 aliphatic heterocycles. The molecule has 0 radical (unpaired) electrons. The Morgan fingerprint density at radius 3 is 2.50 bits per heavy atom. The number of hydrogen-bond acceptors (Lipinski definition) is 3. The van der Waals surface area contributed by atoms with Gasteiger partial charge in [-0.3, -0.25) is 9.78 Å². The van der Waals surface area contributed by atoms with E-state index >= 15 is 0 Å². The minimum absolute atomic E-state index is 0. The van der Waals surface area contributed by atoms with Gasteiger partial charge < -0.3 is 11.1 Å². The van der Waals surface area contributed by atoms with Crippen LogP contribution >= 0.6 is 12.4 Å². The number of halogens is 1. The molecular formula is C17H26ClN3O. The van der Waals surface area contributed by atoms with Gasteiger partial charge in [-0.15, -0.1) is 12.4 Å². The minimum atomic E-state index is 0. The molecular weight excluding hydrogens is 298 g/mol. The maximum Gasteiger partial charge on any atom is 0.223 e. The van der Waals surface area contributed by atoms with Crippen molar-refractivity contribution in [2.75, 3.05) is 6.54 Å². The molecule has 1 amide bonds. The minimum Gasteiger partial charge on any atom is -0.356 e. The van der Waals surface area contributed by atoms with Gasteiger partial charge in [-0.1, -0.05) is 6.42 Å². The van der Waals surface area contributed by atoms with Crippen molar-refractivity contribution in [1.29, 1.82) is 0 Å². The van der Waals surface area contributed by atoms with Gasteiger partial charge in [0.25, 0.3) is 0 Å². The lowest BCUT2D eigenvalue weighted by molar-refractivity contribution is -0.127. The molecule has 2 unspecified atom stereocenters. The Kier molecular flexibility index (Phi) is 6.21. The molecule has 1 aromatic heterocycles. The number of amides is 1. The summed E-state index contributed by atoms with van der Waals surface area (Å²) < 4.78 is 0. The van der Waals surface area contributed by atoms with E-state index in [-0.39, 0.29) is 24.2 Å². The summed E-state index contributed by atoms with van der Waals surface area (Å²) in [4.78, 5) is 16.4. The predicted molar refractivity (Wildman–Crippen MR) is 89.7 cm³/mol. The van der Waals surface area contributed by atoms with Crippen LogP contribution < -0.4 is 11.1 Å². The molecule has 2 fully saturated rings. The molecule has 22 heavy (non-hydrogen) atoms. The highest BCUT2D eigenvalue weighted by Crippen LogP contribution is 2.41. The van der Waals surface area contributed by atoms with Gasteiger partial charge in [-0.25, -0.2) is 0 Å². The third-order valence-corrected chi connectivity index (χ3v) is 5.25. The Bertz CT molecular complexity index is 468. The van der Waals surface area contributed by atoms with Crippen molar-refractivity contribution in [3.8, 4) is 0 Å². The summed E-state index contributed by atoms with van der Waals surface area (Å²) in [5, 5.41) is 3.10. The first-order valence-electron chi connectivity index (χ1n) is 8.16. The van der Waals surface area contributed by atoms with E-state index < -0.39 is 0 Å². The van der Waals surface area contributed by atoms with E-state index in [1.807, 2.05) is 12.1 Å². The molecule has 2 aliphatic carbocycles. The molecule has 0 aromatic carbocycles. The second-order valence-corrected chi connectivity index (χ2v) is 6.59. The summed E-state index contributed by atoms with van der Waals surface area (Å²) in [6, 6.07) is 4.33. The molecule has 2 atom stereocenters. The van der Waals surface area contributed by atoms with Crippen LogP contribution in [0.2, 0.25) is 0 Å². The van der Waals surface area contributed by atoms with Gasteiger partial charge in [-0.2, -0.15) is 0 Å². The Labute approximate surface area is 138 Å². The summed E-state index contributed by atoms with van der Waals surface area (Å²) in [5.41, 5.74) is 7.50. The average Bonchev–Trinajstić information content (AvgIpc) is 2.48. The highest BCUT2D eigenvalue weighted by molar-refractivity contribution is 5.85. The van der Waals surface area contributed by atoms with Crippen molar-refractivity contribution in [2.45, 2.75) is 44.6 Å². The van der Waals surface area contributed by atoms with Gasteiger partial charge in [0.15, 0.2) is 0 Å². The van der Waals surface area contributed by atoms with Crippen molar-refractivity contribution in [3.05, 3.63) is 30.1 Å². The molecule has 3 N–H and O–H groups in total. The first-order chi connectivity index (χ1) is 10.2. The Morgan fingerprint density at radius 1 is 1.23 bits per heavy atom. The van der Waals surface area contributed by atoms with Gasteiger partial charge in [-0.05, 0) is 61.6 Å². The molecule has 5 heteroatoms. The number of rotatable bonds is 4. The number of carbonyl (C=O) groups excluding carboxylic acids is 1. The number of nitrogens with zero attached hydrogens (tertiary/aromatic N) is 1. The molecule has 1 aromatic rings. The van der Waals surface area contributed by atoms with Crippen molar-refractivity contribution in [3.63, 3.8) is 0 Å². The second kappa shape index (κ2) is 7.93. The number of pyridine rings is 1. The van der Waals surface area contributed by atoms with Gasteiger partial charge in [0.05, 0.1) is 0 Å². The normalized spacial score (nSPS) is 30.2. The van der Waals surface area contributed by atoms with E-state index in [2.05, 4.69) is 10.3 Å². The Morgan fingerprint density at radius 2 is 1.86 bits per heavy atom. The van der Waals surface area contributed by atoms with Gasteiger partial charge in [0.1, 0.15) is 0 Å².